The Labute approximate surface area is 470 Å². The normalized spacial score (nSPS) is 18.4. The van der Waals surface area contributed by atoms with Gasteiger partial charge >= 0.3 is 13.3 Å². The number of aromatic nitrogens is 2. The molecular weight excluding hydrogens is 1080 g/mol. The lowest BCUT2D eigenvalue weighted by atomic mass is 9.85. The number of halogens is 2. The van der Waals surface area contributed by atoms with Gasteiger partial charge in [0.05, 0.1) is 17.3 Å². The molecule has 4 aliphatic rings. The van der Waals surface area contributed by atoms with Gasteiger partial charge in [0, 0.05) is 74.5 Å². The van der Waals surface area contributed by atoms with Crippen molar-refractivity contribution in [1.82, 2.24) is 30.2 Å². The van der Waals surface area contributed by atoms with Crippen molar-refractivity contribution in [3.8, 4) is 11.8 Å². The minimum absolute atomic E-state index is 0.00535. The summed E-state index contributed by atoms with van der Waals surface area (Å²) in [5.74, 6) is 0.831. The highest BCUT2D eigenvalue weighted by Gasteiger charge is 2.51. The number of unbranched alkanes of at least 4 members (excludes halogenated alkanes) is 6. The number of rotatable bonds is 23. The van der Waals surface area contributed by atoms with Crippen molar-refractivity contribution in [1.29, 1.82) is 0 Å². The highest BCUT2D eigenvalue weighted by atomic mass is 31.2. The summed E-state index contributed by atoms with van der Waals surface area (Å²) in [6, 6.07) is 16.9. The number of carbonyl (C=O) groups excluding carboxylic acids is 9. The lowest BCUT2D eigenvalue weighted by molar-refractivity contribution is -0.137. The number of hydrogen-bond donors (Lipinski definition) is 6. The Morgan fingerprint density at radius 1 is 0.841 bits per heavy atom. The summed E-state index contributed by atoms with van der Waals surface area (Å²) < 4.78 is 41.6. The summed E-state index contributed by atoms with van der Waals surface area (Å²) in [6.45, 7) is 0.246. The molecule has 428 valence electrons. The van der Waals surface area contributed by atoms with Gasteiger partial charge in [-0.15, -0.1) is 0 Å². The second-order valence-electron chi connectivity index (χ2n) is 21.1. The van der Waals surface area contributed by atoms with Gasteiger partial charge in [0.15, 0.2) is 5.78 Å². The van der Waals surface area contributed by atoms with Crippen LogP contribution in [0.4, 0.5) is 14.5 Å². The number of piperidine rings is 1. The molecule has 0 spiro atoms. The number of carbonyl (C=O) groups is 9. The summed E-state index contributed by atoms with van der Waals surface area (Å²) in [5, 5.41) is 7.76. The van der Waals surface area contributed by atoms with E-state index in [-0.39, 0.29) is 86.9 Å². The smallest absolute Gasteiger partial charge is 0.370 e. The number of para-hydroxylation sites is 1. The zero-order chi connectivity index (χ0) is 58.5. The van der Waals surface area contributed by atoms with Crippen LogP contribution in [0.25, 0.3) is 5.65 Å². The zero-order valence-electron chi connectivity index (χ0n) is 44.6. The van der Waals surface area contributed by atoms with Gasteiger partial charge < -0.3 is 35.5 Å². The van der Waals surface area contributed by atoms with Crippen molar-refractivity contribution in [2.75, 3.05) is 4.90 Å². The number of nitrogens with two attached hydrogens (primary N) is 1. The Balaban J connectivity index is 0.792. The topological polar surface area (TPSA) is 297 Å². The third-order valence-corrected chi connectivity index (χ3v) is 16.6. The maximum atomic E-state index is 14.6. The van der Waals surface area contributed by atoms with Crippen LogP contribution in [0.2, 0.25) is 0 Å². The van der Waals surface area contributed by atoms with E-state index in [1.165, 1.54) is 9.80 Å². The van der Waals surface area contributed by atoms with E-state index < -0.39 is 84.2 Å². The van der Waals surface area contributed by atoms with Gasteiger partial charge in [-0.25, -0.2) is 4.98 Å². The first-order valence-electron chi connectivity index (χ1n) is 27.3. The number of aryl methyl sites for hydroxylation is 1. The van der Waals surface area contributed by atoms with Crippen molar-refractivity contribution in [3.63, 3.8) is 0 Å². The van der Waals surface area contributed by atoms with Gasteiger partial charge in [-0.2, -0.15) is 8.78 Å². The second kappa shape index (κ2) is 24.9. The molecular formula is C59H61F2N8O12P. The minimum Gasteiger partial charge on any atom is -0.370 e. The molecule has 5 atom stereocenters. The molecule has 5 aromatic rings. The average Bonchev–Trinajstić information content (AvgIpc) is 4.37. The first-order valence-corrected chi connectivity index (χ1v) is 28.9. The Bertz CT molecular complexity index is 3500. The highest BCUT2D eigenvalue weighted by molar-refractivity contribution is 7.52. The standard InChI is InChI=1S/C59H61F2N8O12P/c60-59(61,82(79,80)81)39-23-28-51-63-45(34-67(51)32-39)54(74)65-44-24-22-37-18-12-19-38-30-47(69(53(37)38)58(44)78)56(76)64-43(25-27-50(62)72)49(71)31-41(35-14-9-7-10-15-35)48(70)21-11-6-4-2-1-3-5-8-16-36-17-13-20-40-42(36)33-68(57(40)77)46-26-29-52(73)66-55(46)75/h7,9-10,12-15,17-20,23,28,32,34,41,43-44,46-47H,1-6,11,21-22,24-27,29-31,33H2,(H2,62,72)(H,64,76)(H,65,74)(H,66,73,75)(H2,79,80,81)/t41-,43-,44-,46?,47-/m0/s1. The van der Waals surface area contributed by atoms with E-state index in [2.05, 4.69) is 32.8 Å². The molecule has 3 aromatic carbocycles. The van der Waals surface area contributed by atoms with E-state index in [0.717, 1.165) is 72.2 Å². The molecule has 7 N–H and O–H groups in total. The number of imidazole rings is 1. The summed E-state index contributed by atoms with van der Waals surface area (Å²) in [5.41, 5.74) is 4.18. The van der Waals surface area contributed by atoms with Gasteiger partial charge in [0.1, 0.15) is 35.2 Å². The fourth-order valence-corrected chi connectivity index (χ4v) is 11.7. The van der Waals surface area contributed by atoms with E-state index >= 15 is 0 Å². The van der Waals surface area contributed by atoms with Gasteiger partial charge in [-0.3, -0.25) is 57.9 Å². The summed E-state index contributed by atoms with van der Waals surface area (Å²) in [7, 11) is -5.90. The van der Waals surface area contributed by atoms with E-state index in [1.54, 1.807) is 60.7 Å². The molecule has 1 fully saturated rings. The Morgan fingerprint density at radius 3 is 2.32 bits per heavy atom. The zero-order valence-corrected chi connectivity index (χ0v) is 45.5. The number of nitrogens with zero attached hydrogens (tertiary/aromatic N) is 4. The molecule has 0 bridgehead atoms. The summed E-state index contributed by atoms with van der Waals surface area (Å²) in [6.07, 6.45) is 7.60. The number of fused-ring (bicyclic) bond motifs is 2. The molecule has 9 rings (SSSR count). The first kappa shape index (κ1) is 58.4. The van der Waals surface area contributed by atoms with E-state index in [9.17, 15) is 66.3 Å². The third kappa shape index (κ3) is 12.8. The third-order valence-electron chi connectivity index (χ3n) is 15.6. The Morgan fingerprint density at radius 2 is 1.57 bits per heavy atom. The molecule has 0 radical (unpaired) electrons. The number of pyridine rings is 1. The number of Topliss-reactive ketones (excluding diaryl/α,β-unsaturated/α-hetero) is 2. The average molecular weight is 1140 g/mol. The van der Waals surface area contributed by atoms with Crippen molar-refractivity contribution >= 4 is 71.8 Å². The number of alkyl halides is 2. The van der Waals surface area contributed by atoms with Gasteiger partial charge in [-0.1, -0.05) is 92.1 Å². The molecule has 4 aliphatic heterocycles. The predicted molar refractivity (Wildman–Crippen MR) is 293 cm³/mol. The maximum absolute atomic E-state index is 14.6. The predicted octanol–water partition coefficient (Wildman–Crippen LogP) is 5.56. The molecule has 0 aliphatic carbocycles. The number of amides is 7. The molecule has 1 saturated heterocycles. The highest BCUT2D eigenvalue weighted by Crippen LogP contribution is 2.59. The number of hydrogen-bond acceptors (Lipinski definition) is 11. The van der Waals surface area contributed by atoms with Crippen molar-refractivity contribution < 1.29 is 66.3 Å². The van der Waals surface area contributed by atoms with Crippen LogP contribution in [0.15, 0.2) is 91.3 Å². The fraction of sp³-hybridized carbons (Fsp3) is 0.390. The summed E-state index contributed by atoms with van der Waals surface area (Å²) >= 11 is 0. The number of imide groups is 1. The quantitative estimate of drug-likeness (QED) is 0.0202. The first-order chi connectivity index (χ1) is 39.2. The van der Waals surface area contributed by atoms with Crippen molar-refractivity contribution in [2.45, 2.75) is 145 Å². The number of nitrogens with one attached hydrogen (secondary N) is 3. The van der Waals surface area contributed by atoms with Crippen LogP contribution in [0.5, 0.6) is 0 Å². The van der Waals surface area contributed by atoms with Gasteiger partial charge in [-0.05, 0) is 85.0 Å². The molecule has 23 heteroatoms. The molecule has 7 amide bonds. The Kier molecular flexibility index (Phi) is 17.7. The molecule has 6 heterocycles. The fourth-order valence-electron chi connectivity index (χ4n) is 11.2. The molecule has 0 saturated carbocycles. The van der Waals surface area contributed by atoms with Crippen LogP contribution in [0, 0.1) is 11.8 Å². The van der Waals surface area contributed by atoms with E-state index in [4.69, 9.17) is 5.73 Å². The minimum atomic E-state index is -5.90. The maximum Gasteiger partial charge on any atom is 0.399 e. The van der Waals surface area contributed by atoms with Gasteiger partial charge in [0.25, 0.3) is 11.8 Å². The monoisotopic (exact) mass is 1140 g/mol. The summed E-state index contributed by atoms with van der Waals surface area (Å²) in [4.78, 5) is 146. The lowest BCUT2D eigenvalue weighted by Crippen LogP contribution is -2.56. The Hall–Kier alpha value is -8.25. The number of anilines is 1. The lowest BCUT2D eigenvalue weighted by Gasteiger charge is -2.29. The van der Waals surface area contributed by atoms with Crippen molar-refractivity contribution in [3.05, 3.63) is 136 Å². The SMILES string of the molecule is NC(=O)CC[C@H](NC(=O)[C@@H]1Cc2cccc3c2N1C(=O)[C@@H](NC(=O)c1cn2cc(C(F)(F)P(=O)(O)O)ccc2n1)CC3)C(=O)C[C@H](C(=O)CCCCCCCCC#Cc1cccc2c1CN(C1CCC(=O)NC1=O)C2=O)c1ccccc1. The van der Waals surface area contributed by atoms with Crippen LogP contribution < -0.4 is 26.6 Å². The van der Waals surface area contributed by atoms with Crippen LogP contribution in [-0.4, -0.2) is 101 Å². The number of primary amides is 1. The number of ketones is 2. The van der Waals surface area contributed by atoms with Crippen LogP contribution >= 0.6 is 7.60 Å². The van der Waals surface area contributed by atoms with Gasteiger partial charge in [0.2, 0.25) is 29.5 Å². The second-order valence-corrected chi connectivity index (χ2v) is 22.8. The van der Waals surface area contributed by atoms with E-state index in [0.29, 0.717) is 47.2 Å². The number of benzene rings is 3. The largest absolute Gasteiger partial charge is 0.399 e. The molecule has 82 heavy (non-hydrogen) atoms. The van der Waals surface area contributed by atoms with Crippen LogP contribution in [-0.2, 0) is 63.2 Å². The molecule has 20 nitrogen and oxygen atoms in total. The molecule has 2 aromatic heterocycles. The molecule has 1 unspecified atom stereocenters. The van der Waals surface area contributed by atoms with Crippen LogP contribution in [0.3, 0.4) is 0 Å². The van der Waals surface area contributed by atoms with Crippen LogP contribution in [0.1, 0.15) is 150 Å². The van der Waals surface area contributed by atoms with Crippen molar-refractivity contribution in [2.24, 2.45) is 5.73 Å². The van der Waals surface area contributed by atoms with E-state index in [1.807, 2.05) is 6.07 Å².